The number of nitro groups is 1. The van der Waals surface area contributed by atoms with Crippen LogP contribution in [-0.4, -0.2) is 29.5 Å². The Labute approximate surface area is 184 Å². The SMILES string of the molecule is O=[N+]([O-])c1ccc(OCCOc2ccccc2/C=N/NC(=S)Nc2ccccc2)cc1. The Morgan fingerprint density at radius 2 is 1.65 bits per heavy atom. The third-order valence-electron chi connectivity index (χ3n) is 3.98. The minimum absolute atomic E-state index is 0.0175. The smallest absolute Gasteiger partial charge is 0.269 e. The molecule has 0 bridgehead atoms. The van der Waals surface area contributed by atoms with E-state index < -0.39 is 4.92 Å². The number of nitrogens with zero attached hydrogens (tertiary/aromatic N) is 2. The number of hydrogen-bond acceptors (Lipinski definition) is 6. The van der Waals surface area contributed by atoms with Crippen molar-refractivity contribution in [3.8, 4) is 11.5 Å². The van der Waals surface area contributed by atoms with Gasteiger partial charge in [0.15, 0.2) is 5.11 Å². The molecule has 31 heavy (non-hydrogen) atoms. The van der Waals surface area contributed by atoms with Crippen molar-refractivity contribution < 1.29 is 14.4 Å². The first-order valence-electron chi connectivity index (χ1n) is 9.36. The maximum atomic E-state index is 10.7. The van der Waals surface area contributed by atoms with E-state index >= 15 is 0 Å². The molecule has 3 aromatic rings. The number of non-ortho nitro benzene ring substituents is 1. The highest BCUT2D eigenvalue weighted by Gasteiger charge is 2.05. The highest BCUT2D eigenvalue weighted by molar-refractivity contribution is 7.80. The third kappa shape index (κ3) is 7.09. The first-order chi connectivity index (χ1) is 15.1. The second-order valence-electron chi connectivity index (χ2n) is 6.18. The summed E-state index contributed by atoms with van der Waals surface area (Å²) in [6.45, 7) is 0.579. The highest BCUT2D eigenvalue weighted by Crippen LogP contribution is 2.18. The molecule has 0 aliphatic carbocycles. The molecule has 0 unspecified atom stereocenters. The van der Waals surface area contributed by atoms with Gasteiger partial charge >= 0.3 is 0 Å². The van der Waals surface area contributed by atoms with Crippen molar-refractivity contribution in [2.45, 2.75) is 0 Å². The van der Waals surface area contributed by atoms with Crippen LogP contribution in [0.5, 0.6) is 11.5 Å². The monoisotopic (exact) mass is 436 g/mol. The topological polar surface area (TPSA) is 98.0 Å². The molecule has 0 fully saturated rings. The van der Waals surface area contributed by atoms with Crippen LogP contribution < -0.4 is 20.2 Å². The highest BCUT2D eigenvalue weighted by atomic mass is 32.1. The summed E-state index contributed by atoms with van der Waals surface area (Å²) < 4.78 is 11.3. The van der Waals surface area contributed by atoms with Crippen LogP contribution in [0.15, 0.2) is 84.0 Å². The van der Waals surface area contributed by atoms with Crippen LogP contribution in [-0.2, 0) is 0 Å². The van der Waals surface area contributed by atoms with Crippen molar-refractivity contribution in [2.75, 3.05) is 18.5 Å². The van der Waals surface area contributed by atoms with E-state index in [2.05, 4.69) is 15.8 Å². The molecule has 0 aliphatic rings. The van der Waals surface area contributed by atoms with Crippen LogP contribution in [0.25, 0.3) is 0 Å². The molecule has 3 aromatic carbocycles. The van der Waals surface area contributed by atoms with E-state index in [9.17, 15) is 10.1 Å². The zero-order chi connectivity index (χ0) is 21.9. The molecule has 2 N–H and O–H groups in total. The van der Waals surface area contributed by atoms with Gasteiger partial charge in [0.1, 0.15) is 24.7 Å². The summed E-state index contributed by atoms with van der Waals surface area (Å²) in [5.41, 5.74) is 4.43. The van der Waals surface area contributed by atoms with E-state index in [1.54, 1.807) is 18.3 Å². The molecule has 0 aliphatic heterocycles. The van der Waals surface area contributed by atoms with E-state index in [1.165, 1.54) is 12.1 Å². The number of hydrazone groups is 1. The molecule has 0 atom stereocenters. The molecule has 158 valence electrons. The second kappa shape index (κ2) is 11.3. The van der Waals surface area contributed by atoms with E-state index in [0.717, 1.165) is 11.3 Å². The van der Waals surface area contributed by atoms with Crippen molar-refractivity contribution in [3.63, 3.8) is 0 Å². The average Bonchev–Trinajstić information content (AvgIpc) is 2.78. The van der Waals surface area contributed by atoms with E-state index in [-0.39, 0.29) is 12.3 Å². The number of ether oxygens (including phenoxy) is 2. The van der Waals surface area contributed by atoms with Gasteiger partial charge in [-0.15, -0.1) is 0 Å². The summed E-state index contributed by atoms with van der Waals surface area (Å²) in [7, 11) is 0. The van der Waals surface area contributed by atoms with Crippen molar-refractivity contribution in [1.29, 1.82) is 0 Å². The number of nitro benzene ring substituents is 1. The average molecular weight is 436 g/mol. The molecule has 0 saturated heterocycles. The zero-order valence-corrected chi connectivity index (χ0v) is 17.2. The number of hydrogen-bond donors (Lipinski definition) is 2. The largest absolute Gasteiger partial charge is 0.490 e. The summed E-state index contributed by atoms with van der Waals surface area (Å²) in [6, 6.07) is 22.9. The minimum atomic E-state index is -0.454. The molecule has 0 aromatic heterocycles. The molecule has 0 heterocycles. The summed E-state index contributed by atoms with van der Waals surface area (Å²) in [6.07, 6.45) is 1.62. The van der Waals surface area contributed by atoms with Crippen LogP contribution in [0.3, 0.4) is 0 Å². The predicted octanol–water partition coefficient (Wildman–Crippen LogP) is 4.37. The molecule has 8 nitrogen and oxygen atoms in total. The van der Waals surface area contributed by atoms with Gasteiger partial charge in [0.2, 0.25) is 0 Å². The molecule has 0 spiro atoms. The van der Waals surface area contributed by atoms with Crippen LogP contribution in [0.4, 0.5) is 11.4 Å². The number of benzene rings is 3. The fourth-order valence-corrected chi connectivity index (χ4v) is 2.71. The number of thiocarbonyl (C=S) groups is 1. The Morgan fingerprint density at radius 1 is 0.968 bits per heavy atom. The summed E-state index contributed by atoms with van der Waals surface area (Å²) in [4.78, 5) is 10.2. The van der Waals surface area contributed by atoms with Crippen LogP contribution >= 0.6 is 12.2 Å². The van der Waals surface area contributed by atoms with Gasteiger partial charge in [0.25, 0.3) is 5.69 Å². The van der Waals surface area contributed by atoms with Crippen LogP contribution in [0, 0.1) is 10.1 Å². The molecule has 0 saturated carbocycles. The number of rotatable bonds is 9. The maximum Gasteiger partial charge on any atom is 0.269 e. The second-order valence-corrected chi connectivity index (χ2v) is 6.58. The minimum Gasteiger partial charge on any atom is -0.490 e. The lowest BCUT2D eigenvalue weighted by molar-refractivity contribution is -0.384. The standard InChI is InChI=1S/C22H20N4O4S/c27-26(28)19-10-12-20(13-11-19)29-14-15-30-21-9-5-4-6-17(21)16-23-25-22(31)24-18-7-2-1-3-8-18/h1-13,16H,14-15H2,(H2,24,25,31)/b23-16+. The van der Waals surface area contributed by atoms with Gasteiger partial charge in [-0.2, -0.15) is 5.10 Å². The molecule has 9 heteroatoms. The Balaban J connectivity index is 1.46. The molecular formula is C22H20N4O4S. The number of para-hydroxylation sites is 2. The van der Waals surface area contributed by atoms with Gasteiger partial charge in [-0.05, 0) is 48.6 Å². The molecule has 3 rings (SSSR count). The summed E-state index contributed by atoms with van der Waals surface area (Å²) in [5.74, 6) is 1.18. The number of anilines is 1. The predicted molar refractivity (Wildman–Crippen MR) is 124 cm³/mol. The van der Waals surface area contributed by atoms with Crippen LogP contribution in [0.2, 0.25) is 0 Å². The lowest BCUT2D eigenvalue weighted by atomic mass is 10.2. The molecule has 0 amide bonds. The van der Waals surface area contributed by atoms with E-state index in [4.69, 9.17) is 21.7 Å². The zero-order valence-electron chi connectivity index (χ0n) is 16.4. The van der Waals surface area contributed by atoms with Crippen molar-refractivity contribution in [1.82, 2.24) is 5.43 Å². The van der Waals surface area contributed by atoms with Gasteiger partial charge in [-0.3, -0.25) is 15.5 Å². The Kier molecular flexibility index (Phi) is 7.90. The van der Waals surface area contributed by atoms with Gasteiger partial charge in [0.05, 0.1) is 11.1 Å². The van der Waals surface area contributed by atoms with Crippen molar-refractivity contribution >= 4 is 34.9 Å². The van der Waals surface area contributed by atoms with E-state index in [1.807, 2.05) is 54.6 Å². The Morgan fingerprint density at radius 3 is 2.39 bits per heavy atom. The Hall–Kier alpha value is -3.98. The van der Waals surface area contributed by atoms with Crippen molar-refractivity contribution in [2.24, 2.45) is 5.10 Å². The maximum absolute atomic E-state index is 10.7. The van der Waals surface area contributed by atoms with Crippen LogP contribution in [0.1, 0.15) is 5.56 Å². The lowest BCUT2D eigenvalue weighted by Crippen LogP contribution is -2.23. The fraction of sp³-hybridized carbons (Fsp3) is 0.0909. The summed E-state index contributed by atoms with van der Waals surface area (Å²) >= 11 is 5.22. The van der Waals surface area contributed by atoms with Gasteiger partial charge in [0, 0.05) is 23.4 Å². The Bertz CT molecular complexity index is 1040. The third-order valence-corrected chi connectivity index (χ3v) is 4.17. The number of nitrogens with one attached hydrogen (secondary N) is 2. The van der Waals surface area contributed by atoms with Crippen molar-refractivity contribution in [3.05, 3.63) is 94.5 Å². The lowest BCUT2D eigenvalue weighted by Gasteiger charge is -2.10. The van der Waals surface area contributed by atoms with E-state index in [0.29, 0.717) is 23.2 Å². The first-order valence-corrected chi connectivity index (χ1v) is 9.77. The fourth-order valence-electron chi connectivity index (χ4n) is 2.53. The van der Waals surface area contributed by atoms with Gasteiger partial charge in [-0.25, -0.2) is 0 Å². The first kappa shape index (κ1) is 21.7. The summed E-state index contributed by atoms with van der Waals surface area (Å²) in [5, 5.41) is 18.2. The molecule has 0 radical (unpaired) electrons. The quantitative estimate of drug-likeness (QED) is 0.169. The van der Waals surface area contributed by atoms with Gasteiger partial charge < -0.3 is 14.8 Å². The normalized spacial score (nSPS) is 10.5. The van der Waals surface area contributed by atoms with Gasteiger partial charge in [-0.1, -0.05) is 30.3 Å². The molecular weight excluding hydrogens is 416 g/mol.